The van der Waals surface area contributed by atoms with Crippen molar-refractivity contribution in [1.29, 1.82) is 5.26 Å². The normalized spacial score (nSPS) is 7.86. The van der Waals surface area contributed by atoms with Crippen LogP contribution >= 0.6 is 0 Å². The van der Waals surface area contributed by atoms with E-state index in [1.165, 1.54) is 19.3 Å². The van der Waals surface area contributed by atoms with Crippen LogP contribution in [0.3, 0.4) is 0 Å². The van der Waals surface area contributed by atoms with Gasteiger partial charge in [-0.05, 0) is 12.3 Å². The fourth-order valence-electron chi connectivity index (χ4n) is 0.112. The van der Waals surface area contributed by atoms with Crippen LogP contribution in [0.4, 0.5) is 0 Å². The summed E-state index contributed by atoms with van der Waals surface area (Å²) in [6, 6.07) is 2.02. The van der Waals surface area contributed by atoms with Crippen LogP contribution in [0.2, 0.25) is 0 Å². The summed E-state index contributed by atoms with van der Waals surface area (Å²) in [4.78, 5) is 0. The van der Waals surface area contributed by atoms with E-state index in [1.807, 2.05) is 13.0 Å². The summed E-state index contributed by atoms with van der Waals surface area (Å²) in [5.41, 5.74) is 0. The van der Waals surface area contributed by atoms with E-state index in [-0.39, 0.29) is 0 Å². The average molecular weight is 199 g/mol. The molecule has 0 aliphatic heterocycles. The molecule has 0 aromatic rings. The first kappa shape index (κ1) is 19.1. The molecule has 1 heteroatoms. The number of nitrogens with zero attached hydrogens (tertiary/aromatic N) is 1. The van der Waals surface area contributed by atoms with Gasteiger partial charge in [0, 0.05) is 6.42 Å². The summed E-state index contributed by atoms with van der Waals surface area (Å²) in [6.07, 6.45) is 5.62. The second-order valence-corrected chi connectivity index (χ2v) is 3.71. The lowest BCUT2D eigenvalue weighted by molar-refractivity contribution is 0.626. The molecule has 0 aromatic heterocycles. The third kappa shape index (κ3) is 62.7. The highest BCUT2D eigenvalue weighted by molar-refractivity contribution is 4.65. The largest absolute Gasteiger partial charge is 0.198 e. The quantitative estimate of drug-likeness (QED) is 0.615. The predicted octanol–water partition coefficient (Wildman–Crippen LogP) is 5.17. The van der Waals surface area contributed by atoms with Gasteiger partial charge in [-0.25, -0.2) is 0 Å². The third-order valence-electron chi connectivity index (χ3n) is 1.68. The Morgan fingerprint density at radius 3 is 1.29 bits per heavy atom. The highest BCUT2D eigenvalue weighted by atomic mass is 14.2. The predicted molar refractivity (Wildman–Crippen MR) is 66.2 cm³/mol. The Hall–Kier alpha value is -0.510. The second kappa shape index (κ2) is 22.9. The fourth-order valence-corrected chi connectivity index (χ4v) is 0.112. The first-order valence-electron chi connectivity index (χ1n) is 5.97. The fraction of sp³-hybridized carbons (Fsp3) is 0.923. The monoisotopic (exact) mass is 199 g/mol. The van der Waals surface area contributed by atoms with E-state index in [4.69, 9.17) is 5.26 Å². The standard InChI is InChI=1S/C5H12.C4H7N.C4H10/c1-4-5(2)3;1-2-3-4-5;1-3-4-2/h5H,4H2,1-3H3;2-3H2,1H3;3-4H2,1-2H3. The summed E-state index contributed by atoms with van der Waals surface area (Å²) in [5.74, 6) is 0.884. The SMILES string of the molecule is CCC(C)C.CCCC.CCCC#N. The van der Waals surface area contributed by atoms with Crippen molar-refractivity contribution in [3.05, 3.63) is 0 Å². The number of unbranched alkanes of at least 4 members (excludes halogenated alkanes) is 2. The van der Waals surface area contributed by atoms with Crippen LogP contribution in [-0.2, 0) is 0 Å². The minimum Gasteiger partial charge on any atom is -0.198 e. The Kier molecular flexibility index (Phi) is 31.2. The number of nitriles is 1. The molecule has 1 nitrogen and oxygen atoms in total. The smallest absolute Gasteiger partial charge is 0.0621 e. The Bertz CT molecular complexity index is 98.3. The van der Waals surface area contributed by atoms with E-state index in [0.717, 1.165) is 12.3 Å². The maximum atomic E-state index is 7.82. The summed E-state index contributed by atoms with van der Waals surface area (Å²) in [6.45, 7) is 13.0. The van der Waals surface area contributed by atoms with E-state index in [9.17, 15) is 0 Å². The molecule has 0 aromatic carbocycles. The van der Waals surface area contributed by atoms with Gasteiger partial charge in [0.1, 0.15) is 0 Å². The zero-order valence-corrected chi connectivity index (χ0v) is 11.1. The van der Waals surface area contributed by atoms with Gasteiger partial charge in [0.15, 0.2) is 0 Å². The van der Waals surface area contributed by atoms with E-state index in [0.29, 0.717) is 6.42 Å². The molecule has 0 spiro atoms. The number of hydrogen-bond acceptors (Lipinski definition) is 1. The average Bonchev–Trinajstić information content (AvgIpc) is 2.20. The van der Waals surface area contributed by atoms with Crippen LogP contribution in [0.5, 0.6) is 0 Å². The molecule has 0 saturated carbocycles. The minimum atomic E-state index is 0.694. The number of hydrogen-bond donors (Lipinski definition) is 0. The maximum absolute atomic E-state index is 7.82. The molecule has 0 N–H and O–H groups in total. The zero-order chi connectivity index (χ0) is 11.8. The topological polar surface area (TPSA) is 23.8 Å². The maximum Gasteiger partial charge on any atom is 0.0621 e. The molecule has 0 aliphatic carbocycles. The molecular weight excluding hydrogens is 170 g/mol. The molecule has 0 aliphatic rings. The van der Waals surface area contributed by atoms with Crippen molar-refractivity contribution in [2.45, 2.75) is 73.6 Å². The molecular formula is C13H29N. The van der Waals surface area contributed by atoms with Gasteiger partial charge in [-0.2, -0.15) is 5.26 Å². The van der Waals surface area contributed by atoms with Crippen LogP contribution < -0.4 is 0 Å². The van der Waals surface area contributed by atoms with Crippen LogP contribution in [-0.4, -0.2) is 0 Å². The molecule has 0 unspecified atom stereocenters. The zero-order valence-electron chi connectivity index (χ0n) is 11.1. The van der Waals surface area contributed by atoms with Crippen molar-refractivity contribution in [1.82, 2.24) is 0 Å². The Morgan fingerprint density at radius 2 is 1.29 bits per heavy atom. The Morgan fingerprint density at radius 1 is 0.929 bits per heavy atom. The van der Waals surface area contributed by atoms with Gasteiger partial charge in [0.05, 0.1) is 6.07 Å². The van der Waals surface area contributed by atoms with Crippen molar-refractivity contribution in [3.8, 4) is 6.07 Å². The van der Waals surface area contributed by atoms with Gasteiger partial charge in [0.25, 0.3) is 0 Å². The summed E-state index contributed by atoms with van der Waals surface area (Å²) in [7, 11) is 0. The minimum absolute atomic E-state index is 0.694. The van der Waals surface area contributed by atoms with Gasteiger partial charge >= 0.3 is 0 Å². The molecule has 86 valence electrons. The van der Waals surface area contributed by atoms with Gasteiger partial charge in [-0.15, -0.1) is 0 Å². The summed E-state index contributed by atoms with van der Waals surface area (Å²) >= 11 is 0. The molecule has 0 atom stereocenters. The van der Waals surface area contributed by atoms with E-state index in [1.54, 1.807) is 0 Å². The first-order chi connectivity index (χ1) is 6.60. The van der Waals surface area contributed by atoms with E-state index < -0.39 is 0 Å². The van der Waals surface area contributed by atoms with E-state index >= 15 is 0 Å². The lowest BCUT2D eigenvalue weighted by Crippen LogP contribution is -1.77. The van der Waals surface area contributed by atoms with Crippen molar-refractivity contribution in [2.24, 2.45) is 5.92 Å². The molecule has 0 heterocycles. The molecule has 0 radical (unpaired) electrons. The van der Waals surface area contributed by atoms with Crippen molar-refractivity contribution >= 4 is 0 Å². The van der Waals surface area contributed by atoms with Gasteiger partial charge in [-0.1, -0.05) is 60.8 Å². The van der Waals surface area contributed by atoms with Gasteiger partial charge < -0.3 is 0 Å². The van der Waals surface area contributed by atoms with Crippen LogP contribution in [0.15, 0.2) is 0 Å². The van der Waals surface area contributed by atoms with E-state index in [2.05, 4.69) is 34.6 Å². The number of rotatable bonds is 3. The van der Waals surface area contributed by atoms with Crippen LogP contribution in [0.1, 0.15) is 73.6 Å². The first-order valence-corrected chi connectivity index (χ1v) is 5.97. The summed E-state index contributed by atoms with van der Waals surface area (Å²) in [5, 5.41) is 7.82. The molecule has 14 heavy (non-hydrogen) atoms. The summed E-state index contributed by atoms with van der Waals surface area (Å²) < 4.78 is 0. The third-order valence-corrected chi connectivity index (χ3v) is 1.68. The van der Waals surface area contributed by atoms with Crippen molar-refractivity contribution in [2.75, 3.05) is 0 Å². The van der Waals surface area contributed by atoms with Gasteiger partial charge in [-0.3, -0.25) is 0 Å². The molecule has 0 fully saturated rings. The Balaban J connectivity index is -0.000000131. The van der Waals surface area contributed by atoms with Gasteiger partial charge in [0.2, 0.25) is 0 Å². The Labute approximate surface area is 91.5 Å². The lowest BCUT2D eigenvalue weighted by Gasteiger charge is -1.90. The van der Waals surface area contributed by atoms with Crippen molar-refractivity contribution < 1.29 is 0 Å². The molecule has 0 bridgehead atoms. The van der Waals surface area contributed by atoms with Crippen molar-refractivity contribution in [3.63, 3.8) is 0 Å². The second-order valence-electron chi connectivity index (χ2n) is 3.71. The molecule has 0 amide bonds. The lowest BCUT2D eigenvalue weighted by atomic mass is 10.2. The highest BCUT2D eigenvalue weighted by Crippen LogP contribution is 1.93. The molecule has 0 saturated heterocycles. The molecule has 0 rings (SSSR count). The van der Waals surface area contributed by atoms with Crippen LogP contribution in [0, 0.1) is 17.2 Å². The highest BCUT2D eigenvalue weighted by Gasteiger charge is 1.80. The van der Waals surface area contributed by atoms with Crippen LogP contribution in [0.25, 0.3) is 0 Å².